The summed E-state index contributed by atoms with van der Waals surface area (Å²) in [4.78, 5) is 17.1. The fraction of sp³-hybridized carbons (Fsp3) is 0.923. The van der Waals surface area contributed by atoms with Crippen LogP contribution in [0, 0.1) is 0 Å². The standard InChI is InChI=1S/C13H25N3O.2ClH/c1-3-13(6-5-7-14-13)12(17)16-10-8-15(4-2)9-11-16;;/h14H,3-11H2,1-2H3;2*1H. The second-order valence-corrected chi connectivity index (χ2v) is 5.19. The number of nitrogens with zero attached hydrogens (tertiary/aromatic N) is 2. The lowest BCUT2D eigenvalue weighted by Gasteiger charge is -2.39. The molecule has 0 aliphatic carbocycles. The van der Waals surface area contributed by atoms with E-state index in [0.717, 1.165) is 58.5 Å². The Labute approximate surface area is 129 Å². The fourth-order valence-electron chi connectivity index (χ4n) is 3.01. The number of hydrogen-bond acceptors (Lipinski definition) is 3. The Kier molecular flexibility index (Phi) is 8.29. The van der Waals surface area contributed by atoms with Crippen molar-refractivity contribution in [2.24, 2.45) is 0 Å². The van der Waals surface area contributed by atoms with Crippen LogP contribution in [0.4, 0.5) is 0 Å². The summed E-state index contributed by atoms with van der Waals surface area (Å²) < 4.78 is 0. The van der Waals surface area contributed by atoms with Crippen LogP contribution in [0.25, 0.3) is 0 Å². The van der Waals surface area contributed by atoms with E-state index in [0.29, 0.717) is 5.91 Å². The van der Waals surface area contributed by atoms with E-state index in [1.54, 1.807) is 0 Å². The van der Waals surface area contributed by atoms with Crippen molar-refractivity contribution >= 4 is 30.7 Å². The van der Waals surface area contributed by atoms with E-state index in [1.807, 2.05) is 0 Å². The summed E-state index contributed by atoms with van der Waals surface area (Å²) in [6.07, 6.45) is 3.06. The van der Waals surface area contributed by atoms with Gasteiger partial charge in [-0.25, -0.2) is 0 Å². The van der Waals surface area contributed by atoms with Gasteiger partial charge in [0, 0.05) is 26.2 Å². The summed E-state index contributed by atoms with van der Waals surface area (Å²) in [5.74, 6) is 0.341. The Morgan fingerprint density at radius 1 is 1.16 bits per heavy atom. The number of nitrogens with one attached hydrogen (secondary N) is 1. The summed E-state index contributed by atoms with van der Waals surface area (Å²) in [5, 5.41) is 3.44. The number of piperazine rings is 1. The summed E-state index contributed by atoms with van der Waals surface area (Å²) in [7, 11) is 0. The average molecular weight is 312 g/mol. The Morgan fingerprint density at radius 2 is 1.79 bits per heavy atom. The van der Waals surface area contributed by atoms with Gasteiger partial charge >= 0.3 is 0 Å². The highest BCUT2D eigenvalue weighted by atomic mass is 35.5. The zero-order valence-corrected chi connectivity index (χ0v) is 13.6. The largest absolute Gasteiger partial charge is 0.339 e. The molecule has 0 aromatic carbocycles. The van der Waals surface area contributed by atoms with Crippen molar-refractivity contribution in [2.75, 3.05) is 39.3 Å². The van der Waals surface area contributed by atoms with Gasteiger partial charge in [0.05, 0.1) is 5.54 Å². The first-order valence-corrected chi connectivity index (χ1v) is 6.98. The Bertz CT molecular complexity index is 275. The summed E-state index contributed by atoms with van der Waals surface area (Å²) in [6.45, 7) is 10.3. The third-order valence-corrected chi connectivity index (χ3v) is 4.36. The molecule has 2 heterocycles. The SMILES string of the molecule is CCN1CCN(C(=O)C2(CC)CCCN2)CC1.Cl.Cl. The van der Waals surface area contributed by atoms with Crippen LogP contribution in [0.15, 0.2) is 0 Å². The molecule has 0 aromatic heterocycles. The van der Waals surface area contributed by atoms with Gasteiger partial charge in [0.15, 0.2) is 0 Å². The van der Waals surface area contributed by atoms with Crippen LogP contribution in [0.3, 0.4) is 0 Å². The zero-order valence-electron chi connectivity index (χ0n) is 12.0. The molecule has 19 heavy (non-hydrogen) atoms. The number of rotatable bonds is 3. The lowest BCUT2D eigenvalue weighted by atomic mass is 9.92. The first-order chi connectivity index (χ1) is 8.22. The topological polar surface area (TPSA) is 35.6 Å². The smallest absolute Gasteiger partial charge is 0.242 e. The van der Waals surface area contributed by atoms with E-state index in [1.165, 1.54) is 0 Å². The zero-order chi connectivity index (χ0) is 12.3. The minimum Gasteiger partial charge on any atom is -0.339 e. The van der Waals surface area contributed by atoms with E-state index >= 15 is 0 Å². The average Bonchev–Trinajstić information content (AvgIpc) is 2.88. The Hall–Kier alpha value is -0.0300. The summed E-state index contributed by atoms with van der Waals surface area (Å²) in [6, 6.07) is 0. The molecule has 2 aliphatic rings. The maximum atomic E-state index is 12.6. The summed E-state index contributed by atoms with van der Waals surface area (Å²) in [5.41, 5.74) is -0.242. The molecule has 1 unspecified atom stereocenters. The molecule has 0 spiro atoms. The molecular weight excluding hydrogens is 285 g/mol. The monoisotopic (exact) mass is 311 g/mol. The van der Waals surface area contributed by atoms with Gasteiger partial charge in [0.1, 0.15) is 0 Å². The predicted molar refractivity (Wildman–Crippen MR) is 83.4 cm³/mol. The second kappa shape index (κ2) is 8.30. The third-order valence-electron chi connectivity index (χ3n) is 4.36. The van der Waals surface area contributed by atoms with E-state index < -0.39 is 0 Å². The number of likely N-dealkylation sites (N-methyl/N-ethyl adjacent to an activating group) is 1. The van der Waals surface area contributed by atoms with Gasteiger partial charge in [-0.05, 0) is 32.4 Å². The molecule has 2 rings (SSSR count). The van der Waals surface area contributed by atoms with Gasteiger partial charge in [-0.3, -0.25) is 4.79 Å². The highest BCUT2D eigenvalue weighted by Crippen LogP contribution is 2.25. The van der Waals surface area contributed by atoms with Crippen LogP contribution in [0.5, 0.6) is 0 Å². The van der Waals surface area contributed by atoms with E-state index in [4.69, 9.17) is 0 Å². The first-order valence-electron chi connectivity index (χ1n) is 6.98. The minimum atomic E-state index is -0.242. The van der Waals surface area contributed by atoms with Crippen LogP contribution in [-0.2, 0) is 4.79 Å². The molecule has 0 saturated carbocycles. The van der Waals surface area contributed by atoms with Crippen LogP contribution in [-0.4, -0.2) is 60.5 Å². The third kappa shape index (κ3) is 3.97. The minimum absolute atomic E-state index is 0. The van der Waals surface area contributed by atoms with Gasteiger partial charge < -0.3 is 15.1 Å². The Morgan fingerprint density at radius 3 is 2.21 bits per heavy atom. The molecule has 0 radical (unpaired) electrons. The van der Waals surface area contributed by atoms with Crippen molar-refractivity contribution in [1.82, 2.24) is 15.1 Å². The van der Waals surface area contributed by atoms with Crippen molar-refractivity contribution in [3.8, 4) is 0 Å². The van der Waals surface area contributed by atoms with Crippen LogP contribution >= 0.6 is 24.8 Å². The number of amides is 1. The van der Waals surface area contributed by atoms with Crippen LogP contribution in [0.1, 0.15) is 33.1 Å². The lowest BCUT2D eigenvalue weighted by Crippen LogP contribution is -2.58. The van der Waals surface area contributed by atoms with E-state index in [9.17, 15) is 4.79 Å². The van der Waals surface area contributed by atoms with Crippen LogP contribution < -0.4 is 5.32 Å². The van der Waals surface area contributed by atoms with Crippen molar-refractivity contribution in [2.45, 2.75) is 38.6 Å². The maximum Gasteiger partial charge on any atom is 0.242 e. The molecule has 114 valence electrons. The number of hydrogen-bond donors (Lipinski definition) is 1. The van der Waals surface area contributed by atoms with Crippen molar-refractivity contribution in [1.29, 1.82) is 0 Å². The van der Waals surface area contributed by atoms with Crippen LogP contribution in [0.2, 0.25) is 0 Å². The van der Waals surface area contributed by atoms with E-state index in [-0.39, 0.29) is 30.4 Å². The fourth-order valence-corrected chi connectivity index (χ4v) is 3.01. The molecule has 1 atom stereocenters. The van der Waals surface area contributed by atoms with Crippen molar-refractivity contribution in [3.63, 3.8) is 0 Å². The number of halogens is 2. The Balaban J connectivity index is 0.00000162. The molecule has 2 fully saturated rings. The lowest BCUT2D eigenvalue weighted by molar-refractivity contribution is -0.139. The van der Waals surface area contributed by atoms with Gasteiger partial charge in [0.25, 0.3) is 0 Å². The molecule has 6 heteroatoms. The molecule has 2 saturated heterocycles. The van der Waals surface area contributed by atoms with Gasteiger partial charge in [-0.15, -0.1) is 24.8 Å². The van der Waals surface area contributed by atoms with Gasteiger partial charge in [0.2, 0.25) is 5.91 Å². The number of carbonyl (C=O) groups excluding carboxylic acids is 1. The molecule has 0 bridgehead atoms. The van der Waals surface area contributed by atoms with Gasteiger partial charge in [-0.1, -0.05) is 13.8 Å². The highest BCUT2D eigenvalue weighted by molar-refractivity contribution is 5.87. The quantitative estimate of drug-likeness (QED) is 0.858. The molecule has 4 nitrogen and oxygen atoms in total. The van der Waals surface area contributed by atoms with Gasteiger partial charge in [-0.2, -0.15) is 0 Å². The maximum absolute atomic E-state index is 12.6. The molecule has 1 amide bonds. The normalized spacial score (nSPS) is 27.6. The van der Waals surface area contributed by atoms with Crippen molar-refractivity contribution < 1.29 is 4.79 Å². The summed E-state index contributed by atoms with van der Waals surface area (Å²) >= 11 is 0. The van der Waals surface area contributed by atoms with E-state index in [2.05, 4.69) is 29.0 Å². The molecule has 0 aromatic rings. The molecular formula is C13H27Cl2N3O. The highest BCUT2D eigenvalue weighted by Gasteiger charge is 2.42. The number of carbonyl (C=O) groups is 1. The second-order valence-electron chi connectivity index (χ2n) is 5.19. The molecule has 1 N–H and O–H groups in total. The first kappa shape index (κ1) is 19.0. The van der Waals surface area contributed by atoms with Crippen molar-refractivity contribution in [3.05, 3.63) is 0 Å². The predicted octanol–water partition coefficient (Wildman–Crippen LogP) is 1.53. The molecule has 2 aliphatic heterocycles.